The Morgan fingerprint density at radius 3 is 2.75 bits per heavy atom. The zero-order valence-electron chi connectivity index (χ0n) is 11.2. The van der Waals surface area contributed by atoms with Crippen LogP contribution in [0.1, 0.15) is 17.4 Å². The molecular weight excluding hydrogens is 258 g/mol. The Labute approximate surface area is 116 Å². The molecule has 106 valence electrons. The molecule has 0 saturated heterocycles. The molecule has 0 aliphatic rings. The minimum absolute atomic E-state index is 0.0394. The van der Waals surface area contributed by atoms with Crippen LogP contribution in [0.25, 0.3) is 5.69 Å². The van der Waals surface area contributed by atoms with Crippen molar-refractivity contribution in [2.24, 2.45) is 0 Å². The van der Waals surface area contributed by atoms with E-state index in [1.54, 1.807) is 10.9 Å². The average Bonchev–Trinajstić information content (AvgIpc) is 2.95. The van der Waals surface area contributed by atoms with Crippen molar-refractivity contribution >= 4 is 5.91 Å². The van der Waals surface area contributed by atoms with Crippen molar-refractivity contribution in [2.45, 2.75) is 12.5 Å². The first-order chi connectivity index (χ1) is 9.53. The zero-order valence-corrected chi connectivity index (χ0v) is 11.2. The first-order valence-corrected chi connectivity index (χ1v) is 6.23. The van der Waals surface area contributed by atoms with Gasteiger partial charge in [-0.1, -0.05) is 18.2 Å². The lowest BCUT2D eigenvalue weighted by atomic mass is 10.1. The lowest BCUT2D eigenvalue weighted by molar-refractivity contribution is 0.00314. The fraction of sp³-hybridized carbons (Fsp3) is 0.286. The fourth-order valence-electron chi connectivity index (χ4n) is 1.67. The second kappa shape index (κ2) is 5.85. The van der Waals surface area contributed by atoms with Gasteiger partial charge in [0.1, 0.15) is 11.3 Å². The highest BCUT2D eigenvalue weighted by Crippen LogP contribution is 2.11. The zero-order chi connectivity index (χ0) is 14.6. The number of benzene rings is 1. The molecule has 1 aromatic carbocycles. The van der Waals surface area contributed by atoms with Crippen molar-refractivity contribution in [2.75, 3.05) is 13.2 Å². The molecule has 3 N–H and O–H groups in total. The highest BCUT2D eigenvalue weighted by Gasteiger charge is 2.21. The number of aromatic nitrogens is 2. The SMILES string of the molecule is CC(O)(CO)CNC(=O)c1cncn1-c1ccccc1. The van der Waals surface area contributed by atoms with E-state index < -0.39 is 12.2 Å². The topological polar surface area (TPSA) is 87.4 Å². The summed E-state index contributed by atoms with van der Waals surface area (Å²) in [7, 11) is 0. The summed E-state index contributed by atoms with van der Waals surface area (Å²) in [5.41, 5.74) is -0.151. The molecule has 0 fully saturated rings. The number of amides is 1. The number of hydrogen-bond acceptors (Lipinski definition) is 4. The lowest BCUT2D eigenvalue weighted by Gasteiger charge is -2.20. The highest BCUT2D eigenvalue weighted by atomic mass is 16.3. The summed E-state index contributed by atoms with van der Waals surface area (Å²) in [5.74, 6) is -0.361. The van der Waals surface area contributed by atoms with Gasteiger partial charge in [0.2, 0.25) is 0 Å². The summed E-state index contributed by atoms with van der Waals surface area (Å²) in [4.78, 5) is 16.1. The first-order valence-electron chi connectivity index (χ1n) is 6.23. The van der Waals surface area contributed by atoms with Crippen molar-refractivity contribution in [1.29, 1.82) is 0 Å². The Balaban J connectivity index is 2.14. The second-order valence-corrected chi connectivity index (χ2v) is 4.82. The van der Waals surface area contributed by atoms with E-state index in [0.717, 1.165) is 5.69 Å². The van der Waals surface area contributed by atoms with Crippen LogP contribution in [0, 0.1) is 0 Å². The van der Waals surface area contributed by atoms with E-state index >= 15 is 0 Å². The lowest BCUT2D eigenvalue weighted by Crippen LogP contribution is -2.43. The Morgan fingerprint density at radius 2 is 2.10 bits per heavy atom. The standard InChI is InChI=1S/C14H17N3O3/c1-14(20,9-18)8-16-13(19)12-7-15-10-17(12)11-5-3-2-4-6-11/h2-7,10,18,20H,8-9H2,1H3,(H,16,19). The molecule has 0 bridgehead atoms. The van der Waals surface area contributed by atoms with Gasteiger partial charge in [-0.2, -0.15) is 0 Å². The molecule has 0 spiro atoms. The van der Waals surface area contributed by atoms with Crippen LogP contribution >= 0.6 is 0 Å². The molecule has 0 saturated carbocycles. The van der Waals surface area contributed by atoms with E-state index in [-0.39, 0.29) is 12.5 Å². The smallest absolute Gasteiger partial charge is 0.270 e. The van der Waals surface area contributed by atoms with Gasteiger partial charge in [0.15, 0.2) is 0 Å². The maximum Gasteiger partial charge on any atom is 0.270 e. The molecule has 1 unspecified atom stereocenters. The van der Waals surface area contributed by atoms with Gasteiger partial charge in [-0.3, -0.25) is 9.36 Å². The maximum absolute atomic E-state index is 12.1. The van der Waals surface area contributed by atoms with E-state index in [1.165, 1.54) is 13.1 Å². The Morgan fingerprint density at radius 1 is 1.40 bits per heavy atom. The van der Waals surface area contributed by atoms with Crippen LogP contribution < -0.4 is 5.32 Å². The molecule has 20 heavy (non-hydrogen) atoms. The maximum atomic E-state index is 12.1. The van der Waals surface area contributed by atoms with Gasteiger partial charge < -0.3 is 15.5 Å². The normalized spacial score (nSPS) is 13.8. The summed E-state index contributed by atoms with van der Waals surface area (Å²) in [6.07, 6.45) is 3.00. The molecule has 6 heteroatoms. The largest absolute Gasteiger partial charge is 0.393 e. The summed E-state index contributed by atoms with van der Waals surface area (Å²) in [6, 6.07) is 9.35. The van der Waals surface area contributed by atoms with Gasteiger partial charge >= 0.3 is 0 Å². The number of nitrogens with one attached hydrogen (secondary N) is 1. The van der Waals surface area contributed by atoms with Gasteiger partial charge in [-0.25, -0.2) is 4.98 Å². The molecule has 1 aromatic heterocycles. The quantitative estimate of drug-likeness (QED) is 0.734. The number of imidazole rings is 1. The number of carbonyl (C=O) groups is 1. The van der Waals surface area contributed by atoms with E-state index in [2.05, 4.69) is 10.3 Å². The number of rotatable bonds is 5. The van der Waals surface area contributed by atoms with Crippen LogP contribution in [0.15, 0.2) is 42.9 Å². The third kappa shape index (κ3) is 3.23. The third-order valence-corrected chi connectivity index (χ3v) is 2.88. The molecule has 0 aliphatic heterocycles. The Kier molecular flexibility index (Phi) is 4.16. The molecule has 1 amide bonds. The monoisotopic (exact) mass is 275 g/mol. The number of aliphatic hydroxyl groups is 2. The minimum atomic E-state index is -1.34. The van der Waals surface area contributed by atoms with Crippen LogP contribution in [0.5, 0.6) is 0 Å². The van der Waals surface area contributed by atoms with E-state index in [1.807, 2.05) is 30.3 Å². The molecular formula is C14H17N3O3. The number of carbonyl (C=O) groups excluding carboxylic acids is 1. The van der Waals surface area contributed by atoms with E-state index in [4.69, 9.17) is 5.11 Å². The molecule has 2 aromatic rings. The van der Waals surface area contributed by atoms with E-state index in [0.29, 0.717) is 5.69 Å². The summed E-state index contributed by atoms with van der Waals surface area (Å²) in [5, 5.41) is 21.2. The van der Waals surface area contributed by atoms with Gasteiger partial charge in [0, 0.05) is 12.2 Å². The van der Waals surface area contributed by atoms with Crippen LogP contribution in [-0.2, 0) is 0 Å². The minimum Gasteiger partial charge on any atom is -0.393 e. The number of hydrogen-bond donors (Lipinski definition) is 3. The van der Waals surface area contributed by atoms with Crippen molar-refractivity contribution in [3.63, 3.8) is 0 Å². The number of para-hydroxylation sites is 1. The third-order valence-electron chi connectivity index (χ3n) is 2.88. The van der Waals surface area contributed by atoms with Gasteiger partial charge in [-0.05, 0) is 19.1 Å². The predicted octanol–water partition coefficient (Wildman–Crippen LogP) is 0.345. The van der Waals surface area contributed by atoms with Gasteiger partial charge in [0.25, 0.3) is 5.91 Å². The summed E-state index contributed by atoms with van der Waals surface area (Å²) in [6.45, 7) is 0.981. The number of nitrogens with zero attached hydrogens (tertiary/aromatic N) is 2. The van der Waals surface area contributed by atoms with Crippen molar-refractivity contribution in [3.8, 4) is 5.69 Å². The van der Waals surface area contributed by atoms with Crippen LogP contribution in [0.2, 0.25) is 0 Å². The average molecular weight is 275 g/mol. The van der Waals surface area contributed by atoms with Gasteiger partial charge in [0.05, 0.1) is 19.1 Å². The fourth-order valence-corrected chi connectivity index (χ4v) is 1.67. The van der Waals surface area contributed by atoms with Gasteiger partial charge in [-0.15, -0.1) is 0 Å². The Hall–Kier alpha value is -2.18. The van der Waals surface area contributed by atoms with Crippen LogP contribution in [0.3, 0.4) is 0 Å². The molecule has 0 aliphatic carbocycles. The molecule has 1 atom stereocenters. The predicted molar refractivity (Wildman–Crippen MR) is 73.6 cm³/mol. The first kappa shape index (κ1) is 14.2. The molecule has 1 heterocycles. The highest BCUT2D eigenvalue weighted by molar-refractivity contribution is 5.93. The summed E-state index contributed by atoms with van der Waals surface area (Å²) < 4.78 is 1.66. The van der Waals surface area contributed by atoms with Crippen LogP contribution in [0.4, 0.5) is 0 Å². The summed E-state index contributed by atoms with van der Waals surface area (Å²) >= 11 is 0. The number of aliphatic hydroxyl groups excluding tert-OH is 1. The van der Waals surface area contributed by atoms with Crippen molar-refractivity contribution in [1.82, 2.24) is 14.9 Å². The molecule has 0 radical (unpaired) electrons. The Bertz CT molecular complexity index is 578. The van der Waals surface area contributed by atoms with Crippen molar-refractivity contribution < 1.29 is 15.0 Å². The second-order valence-electron chi connectivity index (χ2n) is 4.82. The van der Waals surface area contributed by atoms with E-state index in [9.17, 15) is 9.90 Å². The molecule has 6 nitrogen and oxygen atoms in total. The van der Waals surface area contributed by atoms with Crippen LogP contribution in [-0.4, -0.2) is 44.4 Å². The van der Waals surface area contributed by atoms with Crippen molar-refractivity contribution in [3.05, 3.63) is 48.5 Å². The molecule has 2 rings (SSSR count).